The van der Waals surface area contributed by atoms with Crippen LogP contribution in [0, 0.1) is 11.7 Å². The molecule has 0 saturated heterocycles. The second-order valence-corrected chi connectivity index (χ2v) is 5.48. The Morgan fingerprint density at radius 1 is 1.35 bits per heavy atom. The van der Waals surface area contributed by atoms with Crippen LogP contribution in [0.2, 0.25) is 0 Å². The molecule has 0 aliphatic rings. The largest absolute Gasteiger partial charge is 0.378 e. The molecule has 0 unspecified atom stereocenters. The molecule has 0 atom stereocenters. The molecule has 0 fully saturated rings. The van der Waals surface area contributed by atoms with Gasteiger partial charge < -0.3 is 14.6 Å². The average Bonchev–Trinajstić information content (AvgIpc) is 2.87. The summed E-state index contributed by atoms with van der Waals surface area (Å²) in [5.74, 6) is 0. The number of aromatic nitrogens is 4. The minimum Gasteiger partial charge on any atom is -0.378 e. The molecule has 6 nitrogen and oxygen atoms in total. The number of aryl methyl sites for hydroxylation is 2. The number of likely N-dealkylation sites (N-methyl/N-ethyl adjacent to an activating group) is 1. The van der Waals surface area contributed by atoms with Gasteiger partial charge >= 0.3 is 0 Å². The number of ether oxygens (including phenoxy) is 1. The number of H-pyrrole nitrogens is 1. The highest BCUT2D eigenvalue weighted by Crippen LogP contribution is 2.17. The predicted molar refractivity (Wildman–Crippen MR) is 82.7 cm³/mol. The van der Waals surface area contributed by atoms with E-state index in [2.05, 4.69) is 26.5 Å². The number of aromatic amines is 1. The summed E-state index contributed by atoms with van der Waals surface area (Å²) in [5, 5.41) is 4.51. The topological polar surface area (TPSA) is 51.0 Å². The summed E-state index contributed by atoms with van der Waals surface area (Å²) in [6, 6.07) is 0. The Labute approximate surface area is 124 Å². The monoisotopic (exact) mass is 297 g/mol. The number of nitrogens with zero attached hydrogens (tertiary/aromatic N) is 4. The molecule has 0 amide bonds. The van der Waals surface area contributed by atoms with Crippen molar-refractivity contribution >= 4 is 23.4 Å². The molecular formula is C13H23N5OS. The predicted octanol–water partition coefficient (Wildman–Crippen LogP) is 1.80. The molecule has 0 aliphatic heterocycles. The van der Waals surface area contributed by atoms with E-state index in [0.717, 1.165) is 47.9 Å². The van der Waals surface area contributed by atoms with E-state index in [1.807, 2.05) is 25.7 Å². The molecule has 7 heteroatoms. The number of imidazole rings is 1. The Morgan fingerprint density at radius 3 is 2.75 bits per heavy atom. The van der Waals surface area contributed by atoms with Crippen molar-refractivity contribution in [2.24, 2.45) is 0 Å². The fourth-order valence-electron chi connectivity index (χ4n) is 2.19. The van der Waals surface area contributed by atoms with Crippen molar-refractivity contribution in [3.63, 3.8) is 0 Å². The van der Waals surface area contributed by atoms with Crippen molar-refractivity contribution < 1.29 is 4.74 Å². The Hall–Kier alpha value is -1.18. The SMILES string of the molecule is CCn1nc(C)c2[nH]c(=S)n(CCOCCN(C)C)c21. The van der Waals surface area contributed by atoms with E-state index < -0.39 is 0 Å². The first kappa shape index (κ1) is 15.2. The lowest BCUT2D eigenvalue weighted by Gasteiger charge is -2.10. The first-order valence-corrected chi connectivity index (χ1v) is 7.33. The van der Waals surface area contributed by atoms with Gasteiger partial charge in [-0.25, -0.2) is 4.68 Å². The van der Waals surface area contributed by atoms with Gasteiger partial charge in [-0.3, -0.25) is 4.57 Å². The highest BCUT2D eigenvalue weighted by Gasteiger charge is 2.13. The molecule has 2 aromatic rings. The minimum atomic E-state index is 0.656. The summed E-state index contributed by atoms with van der Waals surface area (Å²) in [5.41, 5.74) is 3.08. The van der Waals surface area contributed by atoms with Crippen molar-refractivity contribution in [1.29, 1.82) is 0 Å². The summed E-state index contributed by atoms with van der Waals surface area (Å²) in [6.45, 7) is 7.98. The minimum absolute atomic E-state index is 0.656. The normalized spacial score (nSPS) is 11.8. The van der Waals surface area contributed by atoms with Crippen LogP contribution in [-0.2, 0) is 17.8 Å². The fraction of sp³-hybridized carbons (Fsp3) is 0.692. The number of nitrogens with one attached hydrogen (secondary N) is 1. The molecule has 0 spiro atoms. The number of hydrogen-bond acceptors (Lipinski definition) is 4. The van der Waals surface area contributed by atoms with E-state index in [1.165, 1.54) is 0 Å². The molecule has 1 N–H and O–H groups in total. The second kappa shape index (κ2) is 6.51. The molecule has 0 radical (unpaired) electrons. The number of rotatable bonds is 7. The number of hydrogen-bond donors (Lipinski definition) is 1. The Morgan fingerprint density at radius 2 is 2.10 bits per heavy atom. The standard InChI is InChI=1S/C13H23N5OS/c1-5-18-12-11(10(2)15-18)14-13(20)17(12)7-9-19-8-6-16(3)4/h5-9H2,1-4H3,(H,14,20). The molecule has 0 bridgehead atoms. The zero-order valence-electron chi connectivity index (χ0n) is 12.6. The van der Waals surface area contributed by atoms with E-state index >= 15 is 0 Å². The van der Waals surface area contributed by atoms with Gasteiger partial charge in [-0.2, -0.15) is 5.10 Å². The van der Waals surface area contributed by atoms with Gasteiger partial charge in [0.25, 0.3) is 0 Å². The van der Waals surface area contributed by atoms with Crippen LogP contribution in [0.25, 0.3) is 11.2 Å². The zero-order valence-corrected chi connectivity index (χ0v) is 13.5. The van der Waals surface area contributed by atoms with E-state index in [1.54, 1.807) is 0 Å². The smallest absolute Gasteiger partial charge is 0.179 e. The third-order valence-electron chi connectivity index (χ3n) is 3.27. The van der Waals surface area contributed by atoms with Crippen LogP contribution in [0.1, 0.15) is 12.6 Å². The van der Waals surface area contributed by atoms with Crippen molar-refractivity contribution in [3.05, 3.63) is 10.5 Å². The van der Waals surface area contributed by atoms with E-state index in [-0.39, 0.29) is 0 Å². The summed E-state index contributed by atoms with van der Waals surface area (Å²) in [7, 11) is 4.08. The van der Waals surface area contributed by atoms with Crippen LogP contribution >= 0.6 is 12.2 Å². The quantitative estimate of drug-likeness (QED) is 0.625. The van der Waals surface area contributed by atoms with Crippen LogP contribution in [0.15, 0.2) is 0 Å². The molecule has 112 valence electrons. The van der Waals surface area contributed by atoms with E-state index in [0.29, 0.717) is 6.61 Å². The lowest BCUT2D eigenvalue weighted by atomic mass is 10.4. The summed E-state index contributed by atoms with van der Waals surface area (Å²) >= 11 is 5.40. The maximum absolute atomic E-state index is 5.65. The fourth-order valence-corrected chi connectivity index (χ4v) is 2.47. The van der Waals surface area contributed by atoms with Crippen LogP contribution in [0.4, 0.5) is 0 Å². The zero-order chi connectivity index (χ0) is 14.7. The van der Waals surface area contributed by atoms with Crippen LogP contribution in [0.5, 0.6) is 0 Å². The Balaban J connectivity index is 2.09. The molecule has 0 saturated carbocycles. The molecule has 20 heavy (non-hydrogen) atoms. The van der Waals surface area contributed by atoms with Gasteiger partial charge in [-0.1, -0.05) is 0 Å². The van der Waals surface area contributed by atoms with Crippen LogP contribution < -0.4 is 0 Å². The molecular weight excluding hydrogens is 274 g/mol. The Bertz CT molecular complexity index is 625. The average molecular weight is 297 g/mol. The maximum atomic E-state index is 5.65. The lowest BCUT2D eigenvalue weighted by molar-refractivity contribution is 0.111. The number of fused-ring (bicyclic) bond motifs is 1. The maximum Gasteiger partial charge on any atom is 0.179 e. The van der Waals surface area contributed by atoms with Gasteiger partial charge in [0.05, 0.1) is 25.5 Å². The molecule has 0 aromatic carbocycles. The first-order chi connectivity index (χ1) is 9.54. The summed E-state index contributed by atoms with van der Waals surface area (Å²) in [6.07, 6.45) is 0. The third-order valence-corrected chi connectivity index (χ3v) is 3.60. The van der Waals surface area contributed by atoms with E-state index in [4.69, 9.17) is 17.0 Å². The van der Waals surface area contributed by atoms with Crippen LogP contribution in [-0.4, -0.2) is 58.1 Å². The molecule has 2 heterocycles. The van der Waals surface area contributed by atoms with Crippen molar-refractivity contribution in [3.8, 4) is 0 Å². The van der Waals surface area contributed by atoms with Crippen molar-refractivity contribution in [2.45, 2.75) is 26.9 Å². The highest BCUT2D eigenvalue weighted by atomic mass is 32.1. The third kappa shape index (κ3) is 3.11. The van der Waals surface area contributed by atoms with Gasteiger partial charge in [0.15, 0.2) is 10.4 Å². The molecule has 0 aliphatic carbocycles. The van der Waals surface area contributed by atoms with Gasteiger partial charge in [0.1, 0.15) is 5.52 Å². The first-order valence-electron chi connectivity index (χ1n) is 6.93. The summed E-state index contributed by atoms with van der Waals surface area (Å²) in [4.78, 5) is 5.35. The van der Waals surface area contributed by atoms with Crippen molar-refractivity contribution in [1.82, 2.24) is 24.2 Å². The highest BCUT2D eigenvalue weighted by molar-refractivity contribution is 7.71. The van der Waals surface area contributed by atoms with Crippen LogP contribution in [0.3, 0.4) is 0 Å². The molecule has 2 aromatic heterocycles. The second-order valence-electron chi connectivity index (χ2n) is 5.10. The Kier molecular flexibility index (Phi) is 4.95. The summed E-state index contributed by atoms with van der Waals surface area (Å²) < 4.78 is 10.4. The van der Waals surface area contributed by atoms with Gasteiger partial charge in [0, 0.05) is 13.1 Å². The van der Waals surface area contributed by atoms with Gasteiger partial charge in [-0.15, -0.1) is 0 Å². The van der Waals surface area contributed by atoms with E-state index in [9.17, 15) is 0 Å². The van der Waals surface area contributed by atoms with Crippen molar-refractivity contribution in [2.75, 3.05) is 33.9 Å². The van der Waals surface area contributed by atoms with Gasteiger partial charge in [-0.05, 0) is 40.2 Å². The van der Waals surface area contributed by atoms with Gasteiger partial charge in [0.2, 0.25) is 0 Å². The lowest BCUT2D eigenvalue weighted by Crippen LogP contribution is -2.19. The molecule has 2 rings (SSSR count).